The van der Waals surface area contributed by atoms with Crippen LogP contribution in [0.15, 0.2) is 130 Å². The van der Waals surface area contributed by atoms with Gasteiger partial charge < -0.3 is 15.3 Å². The number of allylic oxidation sites excluding steroid dienone is 1. The van der Waals surface area contributed by atoms with Gasteiger partial charge in [0.1, 0.15) is 5.76 Å². The van der Waals surface area contributed by atoms with E-state index in [0.29, 0.717) is 25.0 Å². The van der Waals surface area contributed by atoms with Gasteiger partial charge in [0.2, 0.25) is 0 Å². The Morgan fingerprint density at radius 3 is 2.05 bits per heavy atom. The maximum absolute atomic E-state index is 13.9. The fourth-order valence-corrected chi connectivity index (χ4v) is 6.97. The number of nitrogens with zero attached hydrogens (tertiary/aromatic N) is 1. The molecule has 6 heteroatoms. The van der Waals surface area contributed by atoms with Crippen LogP contribution in [-0.2, 0) is 17.9 Å². The molecule has 1 amide bonds. The summed E-state index contributed by atoms with van der Waals surface area (Å²) in [6.45, 7) is 1.19. The Bertz CT molecular complexity index is 1420. The highest BCUT2D eigenvalue weighted by molar-refractivity contribution is 8.76. The van der Waals surface area contributed by atoms with Crippen molar-refractivity contribution in [2.24, 2.45) is 0 Å². The molecule has 4 nitrogen and oxygen atoms in total. The minimum atomic E-state index is -0.112. The molecule has 0 fully saturated rings. The van der Waals surface area contributed by atoms with Crippen LogP contribution in [0, 0.1) is 0 Å². The molecule has 1 aliphatic rings. The molecule has 39 heavy (non-hydrogen) atoms. The maximum atomic E-state index is 13.9. The van der Waals surface area contributed by atoms with Crippen LogP contribution in [-0.4, -0.2) is 11.0 Å². The molecule has 5 rings (SSSR count). The van der Waals surface area contributed by atoms with Gasteiger partial charge in [-0.15, -0.1) is 0 Å². The zero-order valence-electron chi connectivity index (χ0n) is 21.8. The number of hydrogen-bond donors (Lipinski definition) is 2. The summed E-state index contributed by atoms with van der Waals surface area (Å²) in [6.07, 6.45) is 3.02. The first-order valence-corrected chi connectivity index (χ1v) is 15.4. The van der Waals surface area contributed by atoms with Gasteiger partial charge in [-0.25, -0.2) is 0 Å². The molecule has 0 saturated heterocycles. The molecule has 0 unspecified atom stereocenters. The molecule has 4 aromatic carbocycles. The van der Waals surface area contributed by atoms with Crippen molar-refractivity contribution in [3.05, 3.63) is 132 Å². The number of carbonyl (C=O) groups excluding carboxylic acids is 1. The predicted octanol–water partition coefficient (Wildman–Crippen LogP) is 9.02. The van der Waals surface area contributed by atoms with E-state index in [1.807, 2.05) is 71.6 Å². The lowest BCUT2D eigenvalue weighted by molar-refractivity contribution is -0.115. The van der Waals surface area contributed by atoms with E-state index in [4.69, 9.17) is 0 Å². The van der Waals surface area contributed by atoms with Crippen LogP contribution < -0.4 is 10.2 Å². The molecule has 0 aliphatic heterocycles. The highest BCUT2D eigenvalue weighted by Crippen LogP contribution is 2.45. The molecule has 0 bridgehead atoms. The van der Waals surface area contributed by atoms with Gasteiger partial charge >= 0.3 is 0 Å². The van der Waals surface area contributed by atoms with Gasteiger partial charge in [0, 0.05) is 28.4 Å². The van der Waals surface area contributed by atoms with E-state index in [-0.39, 0.29) is 11.7 Å². The van der Waals surface area contributed by atoms with Crippen LogP contribution in [0.5, 0.6) is 0 Å². The Morgan fingerprint density at radius 2 is 1.31 bits per heavy atom. The van der Waals surface area contributed by atoms with Crippen molar-refractivity contribution in [2.45, 2.75) is 48.6 Å². The smallest absolute Gasteiger partial charge is 0.257 e. The molecular formula is C33H32N2O2S2. The Labute approximate surface area is 238 Å². The summed E-state index contributed by atoms with van der Waals surface area (Å²) in [4.78, 5) is 17.9. The molecule has 0 aromatic heterocycles. The molecule has 198 valence electrons. The van der Waals surface area contributed by atoms with Crippen LogP contribution in [0.25, 0.3) is 0 Å². The molecule has 0 radical (unpaired) electrons. The second-order valence-corrected chi connectivity index (χ2v) is 11.7. The molecular weight excluding hydrogens is 521 g/mol. The monoisotopic (exact) mass is 552 g/mol. The average Bonchev–Trinajstić information content (AvgIpc) is 2.99. The minimum absolute atomic E-state index is 0.112. The summed E-state index contributed by atoms with van der Waals surface area (Å²) in [5.74, 6) is 0.126. The number of hydrogen-bond acceptors (Lipinski definition) is 5. The van der Waals surface area contributed by atoms with E-state index >= 15 is 0 Å². The molecule has 0 atom stereocenters. The van der Waals surface area contributed by atoms with E-state index in [0.717, 1.165) is 46.1 Å². The van der Waals surface area contributed by atoms with Crippen LogP contribution in [0.2, 0.25) is 0 Å². The summed E-state index contributed by atoms with van der Waals surface area (Å²) >= 11 is 0. The topological polar surface area (TPSA) is 52.6 Å². The quantitative estimate of drug-likeness (QED) is 0.192. The van der Waals surface area contributed by atoms with E-state index in [2.05, 4.69) is 47.8 Å². The summed E-state index contributed by atoms with van der Waals surface area (Å²) in [6, 6.07) is 36.8. The second kappa shape index (κ2) is 13.5. The standard InChI is InChI=1S/C33H32N2O2S2/c36-30-20-10-7-17-27(30)33(37)35(24-26-15-5-2-6-16-26)29-19-9-12-22-32(29)39-38-31-21-11-8-18-28(31)34-23-25-13-3-1-4-14-25/h1-6,8-9,11-16,18-19,21-22,34,36H,7,10,17,20,23-24H2. The number of anilines is 2. The Morgan fingerprint density at radius 1 is 0.718 bits per heavy atom. The van der Waals surface area contributed by atoms with Crippen LogP contribution in [0.4, 0.5) is 11.4 Å². The van der Waals surface area contributed by atoms with E-state index < -0.39 is 0 Å². The number of para-hydroxylation sites is 2. The van der Waals surface area contributed by atoms with Crippen LogP contribution in [0.3, 0.4) is 0 Å². The van der Waals surface area contributed by atoms with Gasteiger partial charge in [0.05, 0.1) is 17.8 Å². The highest BCUT2D eigenvalue weighted by atomic mass is 33.1. The SMILES string of the molecule is O=C(C1=C(O)CCCC1)N(Cc1ccccc1)c1ccccc1SSc1ccccc1NCc1ccccc1. The number of carbonyl (C=O) groups is 1. The van der Waals surface area contributed by atoms with Crippen molar-refractivity contribution < 1.29 is 9.90 Å². The zero-order chi connectivity index (χ0) is 26.9. The lowest BCUT2D eigenvalue weighted by atomic mass is 9.96. The first-order chi connectivity index (χ1) is 19.2. The third-order valence-corrected chi connectivity index (χ3v) is 9.19. The largest absolute Gasteiger partial charge is 0.512 e. The third kappa shape index (κ3) is 7.08. The Hall–Kier alpha value is -3.61. The van der Waals surface area contributed by atoms with Crippen LogP contribution >= 0.6 is 21.6 Å². The molecule has 2 N–H and O–H groups in total. The van der Waals surface area contributed by atoms with Crippen molar-refractivity contribution in [2.75, 3.05) is 10.2 Å². The first kappa shape index (κ1) is 27.0. The fraction of sp³-hybridized carbons (Fsp3) is 0.182. The number of benzene rings is 4. The molecule has 4 aromatic rings. The lowest BCUT2D eigenvalue weighted by Crippen LogP contribution is -2.33. The maximum Gasteiger partial charge on any atom is 0.257 e. The van der Waals surface area contributed by atoms with Gasteiger partial charge in [-0.1, -0.05) is 107 Å². The Balaban J connectivity index is 1.40. The van der Waals surface area contributed by atoms with Gasteiger partial charge in [-0.05, 0) is 54.7 Å². The fourth-order valence-electron chi connectivity index (χ4n) is 4.63. The number of nitrogens with one attached hydrogen (secondary N) is 1. The average molecular weight is 553 g/mol. The molecule has 0 heterocycles. The second-order valence-electron chi connectivity index (χ2n) is 9.48. The number of rotatable bonds is 10. The van der Waals surface area contributed by atoms with Crippen molar-refractivity contribution in [1.29, 1.82) is 0 Å². The van der Waals surface area contributed by atoms with Gasteiger partial charge in [0.25, 0.3) is 5.91 Å². The van der Waals surface area contributed by atoms with E-state index in [9.17, 15) is 9.90 Å². The van der Waals surface area contributed by atoms with Gasteiger partial charge in [-0.3, -0.25) is 4.79 Å². The number of aliphatic hydroxyl groups is 1. The van der Waals surface area contributed by atoms with Gasteiger partial charge in [0.15, 0.2) is 0 Å². The minimum Gasteiger partial charge on any atom is -0.512 e. The van der Waals surface area contributed by atoms with Gasteiger partial charge in [-0.2, -0.15) is 0 Å². The summed E-state index contributed by atoms with van der Waals surface area (Å²) in [5.41, 5.74) is 4.74. The lowest BCUT2D eigenvalue weighted by Gasteiger charge is -2.28. The predicted molar refractivity (Wildman–Crippen MR) is 164 cm³/mol. The summed E-state index contributed by atoms with van der Waals surface area (Å²) < 4.78 is 0. The van der Waals surface area contributed by atoms with E-state index in [1.54, 1.807) is 21.6 Å². The molecule has 0 spiro atoms. The summed E-state index contributed by atoms with van der Waals surface area (Å²) in [7, 11) is 3.32. The van der Waals surface area contributed by atoms with Crippen molar-refractivity contribution >= 4 is 38.9 Å². The van der Waals surface area contributed by atoms with Crippen molar-refractivity contribution in [1.82, 2.24) is 0 Å². The van der Waals surface area contributed by atoms with E-state index in [1.165, 1.54) is 5.56 Å². The highest BCUT2D eigenvalue weighted by Gasteiger charge is 2.27. The third-order valence-electron chi connectivity index (χ3n) is 6.72. The molecule has 1 aliphatic carbocycles. The van der Waals surface area contributed by atoms with Crippen molar-refractivity contribution in [3.8, 4) is 0 Å². The first-order valence-electron chi connectivity index (χ1n) is 13.3. The van der Waals surface area contributed by atoms with Crippen LogP contribution in [0.1, 0.15) is 36.8 Å². The number of aliphatic hydroxyl groups excluding tert-OH is 1. The van der Waals surface area contributed by atoms with Crippen molar-refractivity contribution in [3.63, 3.8) is 0 Å². The Kier molecular flexibility index (Phi) is 9.30. The summed E-state index contributed by atoms with van der Waals surface area (Å²) in [5, 5.41) is 14.2. The molecule has 0 saturated carbocycles. The zero-order valence-corrected chi connectivity index (χ0v) is 23.4. The number of amides is 1. The normalized spacial score (nSPS) is 13.2.